The summed E-state index contributed by atoms with van der Waals surface area (Å²) in [5.41, 5.74) is 0.833. The van der Waals surface area contributed by atoms with Gasteiger partial charge in [0.1, 0.15) is 5.82 Å². The molecule has 0 spiro atoms. The molecule has 1 aromatic carbocycles. The van der Waals surface area contributed by atoms with Crippen molar-refractivity contribution in [1.82, 2.24) is 0 Å². The van der Waals surface area contributed by atoms with Gasteiger partial charge in [-0.15, -0.1) is 0 Å². The van der Waals surface area contributed by atoms with Gasteiger partial charge in [-0.3, -0.25) is 0 Å². The molecule has 0 aromatic heterocycles. The van der Waals surface area contributed by atoms with Crippen LogP contribution in [0.15, 0.2) is 30.4 Å². The highest BCUT2D eigenvalue weighted by Gasteiger charge is 2.35. The normalized spacial score (nSPS) is 29.9. The molecule has 3 unspecified atom stereocenters. The van der Waals surface area contributed by atoms with E-state index in [1.165, 1.54) is 25.0 Å². The first-order valence-electron chi connectivity index (χ1n) is 6.09. The summed E-state index contributed by atoms with van der Waals surface area (Å²) >= 11 is 5.98. The van der Waals surface area contributed by atoms with Crippen LogP contribution in [-0.2, 0) is 0 Å². The van der Waals surface area contributed by atoms with Crippen molar-refractivity contribution in [3.8, 4) is 0 Å². The van der Waals surface area contributed by atoms with Crippen molar-refractivity contribution in [2.75, 3.05) is 11.9 Å². The van der Waals surface area contributed by atoms with Gasteiger partial charge < -0.3 is 5.32 Å². The van der Waals surface area contributed by atoms with E-state index in [1.54, 1.807) is 6.07 Å². The molecule has 0 amide bonds. The predicted molar refractivity (Wildman–Crippen MR) is 68.7 cm³/mol. The Hall–Kier alpha value is -1.02. The highest BCUT2D eigenvalue weighted by molar-refractivity contribution is 6.33. The molecule has 1 N–H and O–H groups in total. The summed E-state index contributed by atoms with van der Waals surface area (Å²) in [5.74, 6) is 1.93. The van der Waals surface area contributed by atoms with Gasteiger partial charge >= 0.3 is 0 Å². The fraction of sp³-hybridized carbons (Fsp3) is 0.429. The number of rotatable bonds is 3. The Morgan fingerprint density at radius 3 is 2.82 bits per heavy atom. The number of halogens is 2. The zero-order valence-corrected chi connectivity index (χ0v) is 10.3. The Kier molecular flexibility index (Phi) is 2.83. The predicted octanol–water partition coefficient (Wildman–Crippen LogP) is 4.10. The van der Waals surface area contributed by atoms with Gasteiger partial charge in [0, 0.05) is 6.54 Å². The van der Waals surface area contributed by atoms with Crippen molar-refractivity contribution >= 4 is 17.3 Å². The van der Waals surface area contributed by atoms with E-state index < -0.39 is 0 Å². The zero-order chi connectivity index (χ0) is 11.8. The van der Waals surface area contributed by atoms with Crippen LogP contribution in [0.1, 0.15) is 12.8 Å². The van der Waals surface area contributed by atoms with Gasteiger partial charge in [-0.1, -0.05) is 23.8 Å². The first-order chi connectivity index (χ1) is 8.22. The molecule has 0 radical (unpaired) electrons. The molecule has 0 heterocycles. The monoisotopic (exact) mass is 251 g/mol. The van der Waals surface area contributed by atoms with Gasteiger partial charge in [0.2, 0.25) is 0 Å². The van der Waals surface area contributed by atoms with E-state index in [0.29, 0.717) is 10.9 Å². The third-order valence-electron chi connectivity index (χ3n) is 3.90. The van der Waals surface area contributed by atoms with Crippen molar-refractivity contribution in [3.05, 3.63) is 41.2 Å². The minimum absolute atomic E-state index is 0.289. The van der Waals surface area contributed by atoms with Gasteiger partial charge in [0.05, 0.1) is 10.7 Å². The third-order valence-corrected chi connectivity index (χ3v) is 4.21. The molecule has 90 valence electrons. The van der Waals surface area contributed by atoms with E-state index in [4.69, 9.17) is 11.6 Å². The van der Waals surface area contributed by atoms with E-state index in [9.17, 15) is 4.39 Å². The second kappa shape index (κ2) is 4.34. The highest BCUT2D eigenvalue weighted by Crippen LogP contribution is 2.43. The standard InChI is InChI=1S/C14H15ClFN/c15-13-7-12(16)3-4-14(13)17-8-11-6-9-1-2-10(11)5-9/h1-4,7,9-11,17H,5-6,8H2. The summed E-state index contributed by atoms with van der Waals surface area (Å²) < 4.78 is 12.9. The van der Waals surface area contributed by atoms with Gasteiger partial charge in [-0.25, -0.2) is 4.39 Å². The van der Waals surface area contributed by atoms with Crippen LogP contribution in [0.5, 0.6) is 0 Å². The lowest BCUT2D eigenvalue weighted by Crippen LogP contribution is -2.18. The van der Waals surface area contributed by atoms with Crippen LogP contribution in [-0.4, -0.2) is 6.54 Å². The third kappa shape index (κ3) is 2.19. The van der Waals surface area contributed by atoms with Gasteiger partial charge in [-0.2, -0.15) is 0 Å². The maximum atomic E-state index is 12.9. The number of hydrogen-bond donors (Lipinski definition) is 1. The second-order valence-electron chi connectivity index (χ2n) is 5.05. The topological polar surface area (TPSA) is 12.0 Å². The van der Waals surface area contributed by atoms with Gasteiger partial charge in [0.25, 0.3) is 0 Å². The molecule has 1 aromatic rings. The summed E-state index contributed by atoms with van der Waals surface area (Å²) in [6, 6.07) is 4.50. The zero-order valence-electron chi connectivity index (χ0n) is 9.50. The number of benzene rings is 1. The molecule has 0 aliphatic heterocycles. The lowest BCUT2D eigenvalue weighted by molar-refractivity contribution is 0.472. The Bertz CT molecular complexity index is 458. The molecule has 3 heteroatoms. The van der Waals surface area contributed by atoms with Crippen LogP contribution in [0.2, 0.25) is 5.02 Å². The summed E-state index contributed by atoms with van der Waals surface area (Å²) in [5, 5.41) is 3.80. The molecule has 0 saturated heterocycles. The van der Waals surface area contributed by atoms with Crippen LogP contribution >= 0.6 is 11.6 Å². The Labute approximate surface area is 106 Å². The van der Waals surface area contributed by atoms with Gasteiger partial charge in [-0.05, 0) is 48.8 Å². The maximum absolute atomic E-state index is 12.9. The van der Waals surface area contributed by atoms with Crippen LogP contribution in [0.4, 0.5) is 10.1 Å². The van der Waals surface area contributed by atoms with Gasteiger partial charge in [0.15, 0.2) is 0 Å². The fourth-order valence-electron chi connectivity index (χ4n) is 3.00. The summed E-state index contributed by atoms with van der Waals surface area (Å²) in [6.45, 7) is 0.927. The number of fused-ring (bicyclic) bond motifs is 2. The minimum Gasteiger partial charge on any atom is -0.384 e. The van der Waals surface area contributed by atoms with E-state index in [0.717, 1.165) is 24.1 Å². The molecule has 3 rings (SSSR count). The number of nitrogens with one attached hydrogen (secondary N) is 1. The van der Waals surface area contributed by atoms with Crippen LogP contribution in [0.25, 0.3) is 0 Å². The fourth-order valence-corrected chi connectivity index (χ4v) is 3.24. The molecular formula is C14H15ClFN. The van der Waals surface area contributed by atoms with Crippen molar-refractivity contribution < 1.29 is 4.39 Å². The maximum Gasteiger partial charge on any atom is 0.124 e. The summed E-state index contributed by atoms with van der Waals surface area (Å²) in [4.78, 5) is 0. The van der Waals surface area contributed by atoms with Crippen LogP contribution in [0, 0.1) is 23.6 Å². The smallest absolute Gasteiger partial charge is 0.124 e. The highest BCUT2D eigenvalue weighted by atomic mass is 35.5. The first-order valence-corrected chi connectivity index (χ1v) is 6.47. The Morgan fingerprint density at radius 1 is 1.29 bits per heavy atom. The molecule has 1 nitrogen and oxygen atoms in total. The minimum atomic E-state index is -0.289. The Balaban J connectivity index is 1.62. The largest absolute Gasteiger partial charge is 0.384 e. The van der Waals surface area contributed by atoms with Crippen molar-refractivity contribution in [2.24, 2.45) is 17.8 Å². The summed E-state index contributed by atoms with van der Waals surface area (Å²) in [7, 11) is 0. The average molecular weight is 252 g/mol. The number of anilines is 1. The van der Waals surface area contributed by atoms with E-state index in [2.05, 4.69) is 17.5 Å². The molecule has 2 bridgehead atoms. The second-order valence-corrected chi connectivity index (χ2v) is 5.45. The average Bonchev–Trinajstić information content (AvgIpc) is 2.89. The summed E-state index contributed by atoms with van der Waals surface area (Å²) in [6.07, 6.45) is 7.26. The van der Waals surface area contributed by atoms with E-state index >= 15 is 0 Å². The molecular weight excluding hydrogens is 237 g/mol. The van der Waals surface area contributed by atoms with E-state index in [-0.39, 0.29) is 5.82 Å². The molecule has 2 aliphatic carbocycles. The molecule has 2 aliphatic rings. The van der Waals surface area contributed by atoms with E-state index in [1.807, 2.05) is 0 Å². The number of allylic oxidation sites excluding steroid dienone is 2. The van der Waals surface area contributed by atoms with Crippen molar-refractivity contribution in [3.63, 3.8) is 0 Å². The Morgan fingerprint density at radius 2 is 2.18 bits per heavy atom. The molecule has 3 atom stereocenters. The lowest BCUT2D eigenvalue weighted by Gasteiger charge is -2.19. The van der Waals surface area contributed by atoms with Crippen LogP contribution in [0.3, 0.4) is 0 Å². The molecule has 1 saturated carbocycles. The molecule has 17 heavy (non-hydrogen) atoms. The lowest BCUT2D eigenvalue weighted by atomic mass is 9.93. The molecule has 1 fully saturated rings. The SMILES string of the molecule is Fc1ccc(NCC2CC3C=CC2C3)c(Cl)c1. The number of hydrogen-bond acceptors (Lipinski definition) is 1. The van der Waals surface area contributed by atoms with Crippen molar-refractivity contribution in [2.45, 2.75) is 12.8 Å². The van der Waals surface area contributed by atoms with Crippen LogP contribution < -0.4 is 5.32 Å². The quantitative estimate of drug-likeness (QED) is 0.798. The van der Waals surface area contributed by atoms with Crippen molar-refractivity contribution in [1.29, 1.82) is 0 Å². The first kappa shape index (κ1) is 11.1.